The van der Waals surface area contributed by atoms with Gasteiger partial charge in [0.25, 0.3) is 0 Å². The van der Waals surface area contributed by atoms with E-state index in [0.717, 1.165) is 5.57 Å². The molecule has 142 valence electrons. The van der Waals surface area contributed by atoms with Crippen LogP contribution in [0.3, 0.4) is 0 Å². The lowest BCUT2D eigenvalue weighted by atomic mass is 9.56. The molecule has 0 bridgehead atoms. The largest absolute Gasteiger partial charge is 0.455 e. The molecule has 2 aliphatic rings. The molecule has 0 spiro atoms. The number of allylic oxidation sites excluding steroid dienone is 1. The number of carbonyl (C=O) groups is 2. The fourth-order valence-corrected chi connectivity index (χ4v) is 3.97. The van der Waals surface area contributed by atoms with Gasteiger partial charge in [0, 0.05) is 17.4 Å². The molecule has 2 rings (SSSR count). The zero-order valence-electron chi connectivity index (χ0n) is 15.6. The van der Waals surface area contributed by atoms with Gasteiger partial charge in [0.1, 0.15) is 18.3 Å². The van der Waals surface area contributed by atoms with Gasteiger partial charge in [0.05, 0.1) is 5.57 Å². The lowest BCUT2D eigenvalue weighted by Crippen LogP contribution is -2.69. The van der Waals surface area contributed by atoms with Gasteiger partial charge in [-0.25, -0.2) is 9.59 Å². The monoisotopic (exact) mass is 362 g/mol. The maximum absolute atomic E-state index is 12.2. The van der Waals surface area contributed by atoms with E-state index in [0.29, 0.717) is 5.57 Å². The summed E-state index contributed by atoms with van der Waals surface area (Å²) >= 11 is 0. The Morgan fingerprint density at radius 1 is 1.35 bits per heavy atom. The summed E-state index contributed by atoms with van der Waals surface area (Å²) in [4.78, 5) is 24.3. The minimum Gasteiger partial charge on any atom is -0.455 e. The van der Waals surface area contributed by atoms with Gasteiger partial charge in [-0.1, -0.05) is 37.3 Å². The van der Waals surface area contributed by atoms with E-state index in [4.69, 9.17) is 9.47 Å². The van der Waals surface area contributed by atoms with Gasteiger partial charge in [-0.05, 0) is 20.8 Å². The zero-order valence-corrected chi connectivity index (χ0v) is 15.6. The van der Waals surface area contributed by atoms with Gasteiger partial charge < -0.3 is 19.7 Å². The Balaban J connectivity index is 2.62. The maximum Gasteiger partial charge on any atom is 0.337 e. The first-order chi connectivity index (χ1) is 11.9. The van der Waals surface area contributed by atoms with E-state index in [1.165, 1.54) is 12.2 Å². The normalized spacial score (nSPS) is 38.8. The van der Waals surface area contributed by atoms with Gasteiger partial charge in [-0.15, -0.1) is 6.58 Å². The molecule has 1 heterocycles. The highest BCUT2D eigenvalue weighted by Gasteiger charge is 2.70. The molecule has 1 saturated carbocycles. The number of esters is 2. The van der Waals surface area contributed by atoms with Crippen LogP contribution in [0.4, 0.5) is 0 Å². The average Bonchev–Trinajstić information content (AvgIpc) is 2.75. The highest BCUT2D eigenvalue weighted by atomic mass is 16.6. The second kappa shape index (κ2) is 6.52. The first kappa shape index (κ1) is 20.1. The molecule has 0 amide bonds. The molecule has 2 N–H and O–H groups in total. The van der Waals surface area contributed by atoms with E-state index in [1.54, 1.807) is 27.7 Å². The van der Waals surface area contributed by atoms with Crippen LogP contribution in [0.25, 0.3) is 0 Å². The zero-order chi connectivity index (χ0) is 20.0. The standard InChI is InChI=1S/C20H26O6/c1-8-19(7)14(11(4)5)16-20(24,12(6)18(23)26-16)15(22)17(19)25-13(21)9-10(2)3/h8-9,14-17,22,24H,1,4,6H2,2-3,5,7H3. The number of ether oxygens (including phenoxy) is 2. The van der Waals surface area contributed by atoms with Crippen molar-refractivity contribution >= 4 is 11.9 Å². The third kappa shape index (κ3) is 2.73. The van der Waals surface area contributed by atoms with E-state index in [9.17, 15) is 19.8 Å². The number of carbonyl (C=O) groups excluding carboxylic acids is 2. The highest BCUT2D eigenvalue weighted by molar-refractivity contribution is 5.93. The van der Waals surface area contributed by atoms with Crippen LogP contribution in [0.2, 0.25) is 0 Å². The molecule has 1 aliphatic heterocycles. The average molecular weight is 362 g/mol. The summed E-state index contributed by atoms with van der Waals surface area (Å²) < 4.78 is 10.8. The predicted molar refractivity (Wildman–Crippen MR) is 95.9 cm³/mol. The number of rotatable bonds is 4. The summed E-state index contributed by atoms with van der Waals surface area (Å²) in [5.74, 6) is -2.10. The van der Waals surface area contributed by atoms with Crippen molar-refractivity contribution in [2.45, 2.75) is 51.6 Å². The minimum absolute atomic E-state index is 0.268. The van der Waals surface area contributed by atoms with Crippen molar-refractivity contribution in [1.82, 2.24) is 0 Å². The topological polar surface area (TPSA) is 93.1 Å². The molecule has 1 saturated heterocycles. The van der Waals surface area contributed by atoms with Gasteiger partial charge >= 0.3 is 11.9 Å². The van der Waals surface area contributed by atoms with E-state index in [2.05, 4.69) is 19.7 Å². The molecular formula is C20H26O6. The van der Waals surface area contributed by atoms with Crippen molar-refractivity contribution in [2.75, 3.05) is 0 Å². The van der Waals surface area contributed by atoms with Crippen LogP contribution in [0.5, 0.6) is 0 Å². The van der Waals surface area contributed by atoms with Crippen LogP contribution in [0.15, 0.2) is 48.6 Å². The molecule has 0 aromatic heterocycles. The van der Waals surface area contributed by atoms with Crippen molar-refractivity contribution < 1.29 is 29.3 Å². The minimum atomic E-state index is -2.08. The van der Waals surface area contributed by atoms with Crippen LogP contribution in [-0.2, 0) is 19.1 Å². The third-order valence-electron chi connectivity index (χ3n) is 5.34. The number of hydrogen-bond acceptors (Lipinski definition) is 6. The fraction of sp³-hybridized carbons (Fsp3) is 0.500. The summed E-state index contributed by atoms with van der Waals surface area (Å²) in [7, 11) is 0. The van der Waals surface area contributed by atoms with Crippen molar-refractivity contribution in [1.29, 1.82) is 0 Å². The second-order valence-electron chi connectivity index (χ2n) is 7.55. The molecule has 1 aliphatic carbocycles. The summed E-state index contributed by atoms with van der Waals surface area (Å²) in [6.07, 6.45) is -1.09. The molecule has 2 fully saturated rings. The van der Waals surface area contributed by atoms with Crippen LogP contribution < -0.4 is 0 Å². The molecular weight excluding hydrogens is 336 g/mol. The quantitative estimate of drug-likeness (QED) is 0.450. The summed E-state index contributed by atoms with van der Waals surface area (Å²) in [5, 5.41) is 22.1. The maximum atomic E-state index is 12.2. The molecule has 26 heavy (non-hydrogen) atoms. The second-order valence-corrected chi connectivity index (χ2v) is 7.55. The summed E-state index contributed by atoms with van der Waals surface area (Å²) in [6.45, 7) is 18.2. The number of hydrogen-bond donors (Lipinski definition) is 2. The molecule has 6 atom stereocenters. The SMILES string of the molecule is C=CC1(C)C(OC(=O)C=C(C)C)C(O)C2(O)C(=C)C(=O)OC2C1C(=C)C. The first-order valence-corrected chi connectivity index (χ1v) is 8.36. The summed E-state index contributed by atoms with van der Waals surface area (Å²) in [5.41, 5.74) is -2.07. The number of aliphatic hydroxyl groups is 2. The van der Waals surface area contributed by atoms with Crippen LogP contribution in [-0.4, -0.2) is 46.1 Å². The van der Waals surface area contributed by atoms with Crippen molar-refractivity contribution in [3.8, 4) is 0 Å². The molecule has 6 heteroatoms. The Morgan fingerprint density at radius 2 is 1.92 bits per heavy atom. The van der Waals surface area contributed by atoms with E-state index >= 15 is 0 Å². The van der Waals surface area contributed by atoms with Crippen LogP contribution >= 0.6 is 0 Å². The van der Waals surface area contributed by atoms with Gasteiger partial charge in [0.15, 0.2) is 5.60 Å². The smallest absolute Gasteiger partial charge is 0.337 e. The van der Waals surface area contributed by atoms with E-state index in [1.807, 2.05) is 0 Å². The summed E-state index contributed by atoms with van der Waals surface area (Å²) in [6, 6.07) is 0. The van der Waals surface area contributed by atoms with Crippen molar-refractivity contribution in [2.24, 2.45) is 11.3 Å². The molecule has 0 radical (unpaired) electrons. The van der Waals surface area contributed by atoms with Gasteiger partial charge in [-0.3, -0.25) is 0 Å². The lowest BCUT2D eigenvalue weighted by molar-refractivity contribution is -0.228. The van der Waals surface area contributed by atoms with Gasteiger partial charge in [-0.2, -0.15) is 0 Å². The van der Waals surface area contributed by atoms with Crippen molar-refractivity contribution in [3.05, 3.63) is 48.6 Å². The Morgan fingerprint density at radius 3 is 2.38 bits per heavy atom. The Labute approximate surface area is 153 Å². The Kier molecular flexibility index (Phi) is 5.05. The fourth-order valence-electron chi connectivity index (χ4n) is 3.97. The number of fused-ring (bicyclic) bond motifs is 1. The molecule has 0 aromatic rings. The van der Waals surface area contributed by atoms with E-state index in [-0.39, 0.29) is 5.57 Å². The Bertz CT molecular complexity index is 716. The van der Waals surface area contributed by atoms with Crippen LogP contribution in [0.1, 0.15) is 27.7 Å². The van der Waals surface area contributed by atoms with E-state index < -0.39 is 47.2 Å². The van der Waals surface area contributed by atoms with Gasteiger partial charge in [0.2, 0.25) is 0 Å². The highest BCUT2D eigenvalue weighted by Crippen LogP contribution is 2.55. The first-order valence-electron chi connectivity index (χ1n) is 8.36. The molecule has 0 aromatic carbocycles. The molecule has 6 nitrogen and oxygen atoms in total. The predicted octanol–water partition coefficient (Wildman–Crippen LogP) is 1.84. The Hall–Kier alpha value is -2.18. The van der Waals surface area contributed by atoms with Crippen molar-refractivity contribution in [3.63, 3.8) is 0 Å². The lowest BCUT2D eigenvalue weighted by Gasteiger charge is -2.54. The molecule has 6 unspecified atom stereocenters. The van der Waals surface area contributed by atoms with Crippen LogP contribution in [0, 0.1) is 11.3 Å². The third-order valence-corrected chi connectivity index (χ3v) is 5.34. The number of aliphatic hydroxyl groups excluding tert-OH is 1.